The lowest BCUT2D eigenvalue weighted by Gasteiger charge is -2.33. The van der Waals surface area contributed by atoms with Crippen molar-refractivity contribution in [1.82, 2.24) is 9.21 Å². The normalized spacial score (nSPS) is 23.2. The molecule has 1 aromatic rings. The molecule has 0 saturated carbocycles. The third kappa shape index (κ3) is 3.48. The number of amides is 1. The van der Waals surface area contributed by atoms with Crippen molar-refractivity contribution >= 4 is 15.9 Å². The van der Waals surface area contributed by atoms with Gasteiger partial charge in [-0.1, -0.05) is 6.07 Å². The van der Waals surface area contributed by atoms with Crippen molar-refractivity contribution in [2.45, 2.75) is 37.1 Å². The SMILES string of the molecule is C[C@H]1CCCCN1C(=O)c1cccc(S(=O)(=O)N2CCOCC2)c1. The van der Waals surface area contributed by atoms with Crippen molar-refractivity contribution in [3.05, 3.63) is 29.8 Å². The van der Waals surface area contributed by atoms with E-state index in [1.807, 2.05) is 11.8 Å². The molecule has 0 aromatic heterocycles. The van der Waals surface area contributed by atoms with Crippen LogP contribution < -0.4 is 0 Å². The van der Waals surface area contributed by atoms with Crippen LogP contribution >= 0.6 is 0 Å². The number of morpholine rings is 1. The van der Waals surface area contributed by atoms with Crippen molar-refractivity contribution < 1.29 is 17.9 Å². The fourth-order valence-electron chi connectivity index (χ4n) is 3.29. The zero-order valence-corrected chi connectivity index (χ0v) is 14.8. The summed E-state index contributed by atoms with van der Waals surface area (Å²) in [4.78, 5) is 14.8. The summed E-state index contributed by atoms with van der Waals surface area (Å²) < 4.78 is 32.1. The summed E-state index contributed by atoms with van der Waals surface area (Å²) in [5.74, 6) is -0.0822. The van der Waals surface area contributed by atoms with Gasteiger partial charge in [0.25, 0.3) is 5.91 Å². The van der Waals surface area contributed by atoms with Gasteiger partial charge in [0.05, 0.1) is 18.1 Å². The van der Waals surface area contributed by atoms with Crippen molar-refractivity contribution in [3.63, 3.8) is 0 Å². The summed E-state index contributed by atoms with van der Waals surface area (Å²) in [6.07, 6.45) is 3.13. The van der Waals surface area contributed by atoms with E-state index in [2.05, 4.69) is 0 Å². The fourth-order valence-corrected chi connectivity index (χ4v) is 4.75. The topological polar surface area (TPSA) is 66.9 Å². The smallest absolute Gasteiger partial charge is 0.254 e. The molecular formula is C17H24N2O4S. The minimum atomic E-state index is -3.58. The van der Waals surface area contributed by atoms with Crippen LogP contribution in [0, 0.1) is 0 Å². The van der Waals surface area contributed by atoms with Crippen LogP contribution in [0.15, 0.2) is 29.2 Å². The summed E-state index contributed by atoms with van der Waals surface area (Å²) in [5.41, 5.74) is 0.443. The van der Waals surface area contributed by atoms with Gasteiger partial charge in [-0.25, -0.2) is 8.42 Å². The number of likely N-dealkylation sites (tertiary alicyclic amines) is 1. The molecule has 0 radical (unpaired) electrons. The Hall–Kier alpha value is -1.44. The highest BCUT2D eigenvalue weighted by Gasteiger charge is 2.28. The first-order valence-corrected chi connectivity index (χ1v) is 9.93. The molecule has 0 spiro atoms. The van der Waals surface area contributed by atoms with Crippen LogP contribution in [0.4, 0.5) is 0 Å². The summed E-state index contributed by atoms with van der Waals surface area (Å²) in [5, 5.41) is 0. The van der Waals surface area contributed by atoms with E-state index in [1.165, 1.54) is 10.4 Å². The van der Waals surface area contributed by atoms with Crippen LogP contribution in [0.2, 0.25) is 0 Å². The van der Waals surface area contributed by atoms with E-state index in [0.717, 1.165) is 25.8 Å². The lowest BCUT2D eigenvalue weighted by Crippen LogP contribution is -2.42. The van der Waals surface area contributed by atoms with E-state index in [-0.39, 0.29) is 16.8 Å². The van der Waals surface area contributed by atoms with Crippen LogP contribution in [0.3, 0.4) is 0 Å². The first kappa shape index (κ1) is 17.4. The van der Waals surface area contributed by atoms with Crippen LogP contribution in [0.25, 0.3) is 0 Å². The third-order valence-corrected chi connectivity index (χ3v) is 6.65. The van der Waals surface area contributed by atoms with Gasteiger partial charge in [-0.05, 0) is 44.4 Å². The number of carbonyl (C=O) groups excluding carboxylic acids is 1. The molecule has 2 saturated heterocycles. The second-order valence-electron chi connectivity index (χ2n) is 6.39. The highest BCUT2D eigenvalue weighted by Crippen LogP contribution is 2.22. The molecule has 1 amide bonds. The molecule has 6 nitrogen and oxygen atoms in total. The number of hydrogen-bond acceptors (Lipinski definition) is 4. The number of nitrogens with zero attached hydrogens (tertiary/aromatic N) is 2. The Morgan fingerprint density at radius 2 is 1.92 bits per heavy atom. The predicted molar refractivity (Wildman–Crippen MR) is 90.4 cm³/mol. The molecule has 0 N–H and O–H groups in total. The molecule has 2 aliphatic heterocycles. The van der Waals surface area contributed by atoms with Crippen molar-refractivity contribution in [2.24, 2.45) is 0 Å². The minimum absolute atomic E-state index is 0.0822. The molecule has 3 rings (SSSR count). The molecule has 1 atom stereocenters. The molecule has 24 heavy (non-hydrogen) atoms. The van der Waals surface area contributed by atoms with Gasteiger partial charge in [0, 0.05) is 31.2 Å². The molecule has 1 aromatic carbocycles. The molecule has 0 bridgehead atoms. The minimum Gasteiger partial charge on any atom is -0.379 e. The second kappa shape index (κ2) is 7.21. The quantitative estimate of drug-likeness (QED) is 0.831. The molecule has 2 heterocycles. The zero-order chi connectivity index (χ0) is 17.2. The lowest BCUT2D eigenvalue weighted by atomic mass is 10.0. The Labute approximate surface area is 143 Å². The monoisotopic (exact) mass is 352 g/mol. The van der Waals surface area contributed by atoms with E-state index in [0.29, 0.717) is 31.9 Å². The standard InChI is InChI=1S/C17H24N2O4S/c1-14-5-2-3-8-19(14)17(20)15-6-4-7-16(13-15)24(21,22)18-9-11-23-12-10-18/h4,6-7,13-14H,2-3,5,8-12H2,1H3/t14-/m0/s1. The van der Waals surface area contributed by atoms with Gasteiger partial charge in [0.15, 0.2) is 0 Å². The van der Waals surface area contributed by atoms with Gasteiger partial charge >= 0.3 is 0 Å². The Morgan fingerprint density at radius 1 is 1.17 bits per heavy atom. The van der Waals surface area contributed by atoms with Gasteiger partial charge in [-0.2, -0.15) is 4.31 Å². The van der Waals surface area contributed by atoms with Gasteiger partial charge in [0.2, 0.25) is 10.0 Å². The van der Waals surface area contributed by atoms with E-state index < -0.39 is 10.0 Å². The van der Waals surface area contributed by atoms with Crippen molar-refractivity contribution in [1.29, 1.82) is 0 Å². The molecule has 0 aliphatic carbocycles. The van der Waals surface area contributed by atoms with E-state index >= 15 is 0 Å². The van der Waals surface area contributed by atoms with Crippen LogP contribution in [-0.2, 0) is 14.8 Å². The predicted octanol–water partition coefficient (Wildman–Crippen LogP) is 1.72. The number of sulfonamides is 1. The first-order valence-electron chi connectivity index (χ1n) is 8.49. The molecule has 132 valence electrons. The van der Waals surface area contributed by atoms with E-state index in [1.54, 1.807) is 18.2 Å². The van der Waals surface area contributed by atoms with Crippen LogP contribution in [-0.4, -0.2) is 62.4 Å². The summed E-state index contributed by atoms with van der Waals surface area (Å²) in [6, 6.07) is 6.61. The maximum atomic E-state index is 12.8. The van der Waals surface area contributed by atoms with Crippen molar-refractivity contribution in [3.8, 4) is 0 Å². The molecule has 2 fully saturated rings. The van der Waals surface area contributed by atoms with Gasteiger partial charge < -0.3 is 9.64 Å². The summed E-state index contributed by atoms with van der Waals surface area (Å²) >= 11 is 0. The van der Waals surface area contributed by atoms with Gasteiger partial charge in [0.1, 0.15) is 0 Å². The summed E-state index contributed by atoms with van der Waals surface area (Å²) in [6.45, 7) is 4.30. The number of rotatable bonds is 3. The Morgan fingerprint density at radius 3 is 2.62 bits per heavy atom. The lowest BCUT2D eigenvalue weighted by molar-refractivity contribution is 0.0635. The Kier molecular flexibility index (Phi) is 5.22. The average molecular weight is 352 g/mol. The van der Waals surface area contributed by atoms with Crippen molar-refractivity contribution in [2.75, 3.05) is 32.8 Å². The molecular weight excluding hydrogens is 328 g/mol. The maximum absolute atomic E-state index is 12.8. The van der Waals surface area contributed by atoms with Gasteiger partial charge in [-0.3, -0.25) is 4.79 Å². The highest BCUT2D eigenvalue weighted by atomic mass is 32.2. The molecule has 0 unspecified atom stereocenters. The second-order valence-corrected chi connectivity index (χ2v) is 8.33. The fraction of sp³-hybridized carbons (Fsp3) is 0.588. The Bertz CT molecular complexity index is 698. The maximum Gasteiger partial charge on any atom is 0.254 e. The van der Waals surface area contributed by atoms with E-state index in [4.69, 9.17) is 4.74 Å². The number of piperidine rings is 1. The average Bonchev–Trinajstić information content (AvgIpc) is 2.62. The van der Waals surface area contributed by atoms with E-state index in [9.17, 15) is 13.2 Å². The number of carbonyl (C=O) groups is 1. The number of benzene rings is 1. The first-order chi connectivity index (χ1) is 11.5. The largest absolute Gasteiger partial charge is 0.379 e. The third-order valence-electron chi connectivity index (χ3n) is 4.75. The highest BCUT2D eigenvalue weighted by molar-refractivity contribution is 7.89. The molecule has 2 aliphatic rings. The zero-order valence-electron chi connectivity index (χ0n) is 14.0. The number of hydrogen-bond donors (Lipinski definition) is 0. The van der Waals surface area contributed by atoms with Crippen LogP contribution in [0.1, 0.15) is 36.5 Å². The van der Waals surface area contributed by atoms with Gasteiger partial charge in [-0.15, -0.1) is 0 Å². The molecule has 7 heteroatoms. The van der Waals surface area contributed by atoms with Crippen LogP contribution in [0.5, 0.6) is 0 Å². The number of ether oxygens (including phenoxy) is 1. The summed E-state index contributed by atoms with van der Waals surface area (Å²) in [7, 11) is -3.58. The Balaban J connectivity index is 1.84.